The molecule has 0 saturated carbocycles. The van der Waals surface area contributed by atoms with Crippen molar-refractivity contribution in [2.45, 2.75) is 26.8 Å². The predicted molar refractivity (Wildman–Crippen MR) is 97.8 cm³/mol. The van der Waals surface area contributed by atoms with Crippen LogP contribution in [-0.2, 0) is 0 Å². The monoisotopic (exact) mass is 336 g/mol. The van der Waals surface area contributed by atoms with Gasteiger partial charge in [0.05, 0.1) is 0 Å². The first-order valence-corrected chi connectivity index (χ1v) is 8.10. The van der Waals surface area contributed by atoms with E-state index >= 15 is 0 Å². The van der Waals surface area contributed by atoms with Gasteiger partial charge in [0.25, 0.3) is 11.5 Å². The highest BCUT2D eigenvalue weighted by molar-refractivity contribution is 6.03. The number of aromatic nitrogens is 3. The second-order valence-electron chi connectivity index (χ2n) is 6.16. The van der Waals surface area contributed by atoms with Gasteiger partial charge in [0, 0.05) is 35.2 Å². The first-order chi connectivity index (χ1) is 11.9. The molecule has 3 aromatic rings. The Bertz CT molecular complexity index is 952. The van der Waals surface area contributed by atoms with Gasteiger partial charge < -0.3 is 14.9 Å². The maximum Gasteiger partial charge on any atom is 0.272 e. The van der Waals surface area contributed by atoms with Gasteiger partial charge in [-0.3, -0.25) is 9.59 Å². The number of carbonyl (C=O) groups is 1. The molecule has 1 amide bonds. The molecule has 6 nitrogen and oxygen atoms in total. The van der Waals surface area contributed by atoms with Crippen molar-refractivity contribution in [2.75, 3.05) is 5.32 Å². The van der Waals surface area contributed by atoms with Gasteiger partial charge in [-0.15, -0.1) is 0 Å². The molecule has 6 heteroatoms. The zero-order valence-corrected chi connectivity index (χ0v) is 14.4. The van der Waals surface area contributed by atoms with E-state index in [0.29, 0.717) is 22.9 Å². The van der Waals surface area contributed by atoms with E-state index in [-0.39, 0.29) is 17.5 Å². The number of carbonyl (C=O) groups excluding carboxylic acids is 1. The van der Waals surface area contributed by atoms with Crippen molar-refractivity contribution in [3.8, 4) is 11.4 Å². The van der Waals surface area contributed by atoms with E-state index in [0.717, 1.165) is 5.56 Å². The van der Waals surface area contributed by atoms with Crippen molar-refractivity contribution in [3.05, 3.63) is 70.4 Å². The molecular formula is C19H20N4O2. The number of anilines is 1. The highest BCUT2D eigenvalue weighted by Gasteiger charge is 2.13. The van der Waals surface area contributed by atoms with Crippen molar-refractivity contribution in [1.82, 2.24) is 14.5 Å². The van der Waals surface area contributed by atoms with Crippen LogP contribution in [0.2, 0.25) is 0 Å². The third-order valence-electron chi connectivity index (χ3n) is 3.85. The van der Waals surface area contributed by atoms with E-state index in [1.807, 2.05) is 42.8 Å². The summed E-state index contributed by atoms with van der Waals surface area (Å²) in [7, 11) is 0. The van der Waals surface area contributed by atoms with Crippen LogP contribution in [0.1, 0.15) is 36.1 Å². The molecule has 0 aliphatic heterocycles. The van der Waals surface area contributed by atoms with Crippen LogP contribution in [0.5, 0.6) is 0 Å². The summed E-state index contributed by atoms with van der Waals surface area (Å²) in [6.07, 6.45) is 1.89. The molecule has 25 heavy (non-hydrogen) atoms. The summed E-state index contributed by atoms with van der Waals surface area (Å²) in [6, 6.07) is 12.5. The van der Waals surface area contributed by atoms with E-state index in [9.17, 15) is 9.59 Å². The Morgan fingerprint density at radius 3 is 2.56 bits per heavy atom. The van der Waals surface area contributed by atoms with E-state index < -0.39 is 0 Å². The normalized spacial score (nSPS) is 10.9. The fourth-order valence-corrected chi connectivity index (χ4v) is 2.66. The molecule has 128 valence electrons. The molecule has 0 fully saturated rings. The lowest BCUT2D eigenvalue weighted by molar-refractivity contribution is 0.101. The Hall–Kier alpha value is -3.15. The van der Waals surface area contributed by atoms with Crippen LogP contribution < -0.4 is 10.9 Å². The number of nitrogens with zero attached hydrogens (tertiary/aromatic N) is 2. The van der Waals surface area contributed by atoms with E-state index in [4.69, 9.17) is 0 Å². The van der Waals surface area contributed by atoms with Crippen LogP contribution in [0.3, 0.4) is 0 Å². The number of H-pyrrole nitrogens is 1. The van der Waals surface area contributed by atoms with Gasteiger partial charge in [-0.05, 0) is 57.2 Å². The standard InChI is InChI=1S/C19H20N4O2/c1-12(2)23-10-4-5-16(23)19(25)21-15-8-6-14(7-9-15)18-20-13(3)11-17(24)22-18/h4-12H,1-3H3,(H,21,25)(H,20,22,24). The lowest BCUT2D eigenvalue weighted by Gasteiger charge is -2.13. The number of hydrogen-bond donors (Lipinski definition) is 2. The lowest BCUT2D eigenvalue weighted by atomic mass is 10.2. The summed E-state index contributed by atoms with van der Waals surface area (Å²) >= 11 is 0. The highest BCUT2D eigenvalue weighted by atomic mass is 16.2. The van der Waals surface area contributed by atoms with Gasteiger partial charge in [0.2, 0.25) is 0 Å². The second kappa shape index (κ2) is 6.76. The summed E-state index contributed by atoms with van der Waals surface area (Å²) in [4.78, 5) is 31.0. The van der Waals surface area contributed by atoms with Gasteiger partial charge in [-0.2, -0.15) is 0 Å². The first kappa shape index (κ1) is 16.7. The highest BCUT2D eigenvalue weighted by Crippen LogP contribution is 2.19. The molecule has 0 aliphatic rings. The predicted octanol–water partition coefficient (Wildman–Crippen LogP) is 3.38. The fraction of sp³-hybridized carbons (Fsp3) is 0.211. The minimum absolute atomic E-state index is 0.159. The van der Waals surface area contributed by atoms with Gasteiger partial charge in [0.15, 0.2) is 0 Å². The average molecular weight is 336 g/mol. The van der Waals surface area contributed by atoms with Gasteiger partial charge in [-0.1, -0.05) is 0 Å². The summed E-state index contributed by atoms with van der Waals surface area (Å²) in [5, 5.41) is 2.89. The SMILES string of the molecule is Cc1cc(=O)[nH]c(-c2ccc(NC(=O)c3cccn3C(C)C)cc2)n1. The van der Waals surface area contributed by atoms with Gasteiger partial charge >= 0.3 is 0 Å². The van der Waals surface area contributed by atoms with Gasteiger partial charge in [-0.25, -0.2) is 4.98 Å². The minimum atomic E-state index is -0.186. The zero-order valence-electron chi connectivity index (χ0n) is 14.4. The third kappa shape index (κ3) is 3.68. The maximum atomic E-state index is 12.5. The van der Waals surface area contributed by atoms with Crippen molar-refractivity contribution >= 4 is 11.6 Å². The Balaban J connectivity index is 1.80. The van der Waals surface area contributed by atoms with Crippen molar-refractivity contribution in [3.63, 3.8) is 0 Å². The molecule has 0 radical (unpaired) electrons. The largest absolute Gasteiger partial charge is 0.341 e. The summed E-state index contributed by atoms with van der Waals surface area (Å²) < 4.78 is 1.92. The van der Waals surface area contributed by atoms with E-state index in [1.165, 1.54) is 6.07 Å². The topological polar surface area (TPSA) is 79.8 Å². The molecule has 0 unspecified atom stereocenters. The minimum Gasteiger partial charge on any atom is -0.341 e. The average Bonchev–Trinajstić information content (AvgIpc) is 3.04. The van der Waals surface area contributed by atoms with Crippen LogP contribution in [0.4, 0.5) is 5.69 Å². The maximum absolute atomic E-state index is 12.5. The zero-order chi connectivity index (χ0) is 18.0. The van der Waals surface area contributed by atoms with Crippen LogP contribution in [-0.4, -0.2) is 20.4 Å². The Kier molecular flexibility index (Phi) is 4.52. The van der Waals surface area contributed by atoms with Crippen LogP contribution in [0.25, 0.3) is 11.4 Å². The number of nitrogens with one attached hydrogen (secondary N) is 2. The molecule has 2 N–H and O–H groups in total. The fourth-order valence-electron chi connectivity index (χ4n) is 2.66. The molecule has 0 aliphatic carbocycles. The first-order valence-electron chi connectivity index (χ1n) is 8.10. The van der Waals surface area contributed by atoms with Crippen molar-refractivity contribution in [2.24, 2.45) is 0 Å². The molecule has 0 saturated heterocycles. The van der Waals surface area contributed by atoms with Gasteiger partial charge in [0.1, 0.15) is 11.5 Å². The summed E-state index contributed by atoms with van der Waals surface area (Å²) in [6.45, 7) is 5.83. The molecule has 2 heterocycles. The molecule has 0 atom stereocenters. The number of rotatable bonds is 4. The van der Waals surface area contributed by atoms with Crippen LogP contribution >= 0.6 is 0 Å². The molecule has 0 spiro atoms. The number of amides is 1. The number of aryl methyl sites for hydroxylation is 1. The number of aromatic amines is 1. The quantitative estimate of drug-likeness (QED) is 0.766. The molecular weight excluding hydrogens is 316 g/mol. The number of hydrogen-bond acceptors (Lipinski definition) is 3. The lowest BCUT2D eigenvalue weighted by Crippen LogP contribution is -2.17. The molecule has 1 aromatic carbocycles. The van der Waals surface area contributed by atoms with Crippen molar-refractivity contribution in [1.29, 1.82) is 0 Å². The third-order valence-corrected chi connectivity index (χ3v) is 3.85. The number of benzene rings is 1. The Labute approximate surface area is 145 Å². The Morgan fingerprint density at radius 1 is 1.20 bits per heavy atom. The van der Waals surface area contributed by atoms with Crippen LogP contribution in [0.15, 0.2) is 53.5 Å². The second-order valence-corrected chi connectivity index (χ2v) is 6.16. The summed E-state index contributed by atoms with van der Waals surface area (Å²) in [5.74, 6) is 0.352. The van der Waals surface area contributed by atoms with Crippen LogP contribution in [0, 0.1) is 6.92 Å². The van der Waals surface area contributed by atoms with Crippen molar-refractivity contribution < 1.29 is 4.79 Å². The molecule has 3 rings (SSSR count). The smallest absolute Gasteiger partial charge is 0.272 e. The summed E-state index contributed by atoms with van der Waals surface area (Å²) in [5.41, 5.74) is 2.55. The Morgan fingerprint density at radius 2 is 1.92 bits per heavy atom. The molecule has 0 bridgehead atoms. The molecule has 2 aromatic heterocycles. The van der Waals surface area contributed by atoms with E-state index in [1.54, 1.807) is 25.1 Å². The van der Waals surface area contributed by atoms with E-state index in [2.05, 4.69) is 15.3 Å².